The number of allylic oxidation sites excluding steroid dienone is 2. The second kappa shape index (κ2) is 16.3. The van der Waals surface area contributed by atoms with E-state index in [2.05, 4.69) is 19.1 Å². The van der Waals surface area contributed by atoms with Crippen molar-refractivity contribution in [2.75, 3.05) is 6.61 Å². The van der Waals surface area contributed by atoms with Crippen LogP contribution >= 0.6 is 0 Å². The van der Waals surface area contributed by atoms with E-state index in [1.807, 2.05) is 6.92 Å². The van der Waals surface area contributed by atoms with E-state index < -0.39 is 0 Å². The predicted octanol–water partition coefficient (Wildman–Crippen LogP) is 5.81. The van der Waals surface area contributed by atoms with Crippen LogP contribution in [0.1, 0.15) is 90.9 Å². The lowest BCUT2D eigenvalue weighted by Gasteiger charge is -2.02. The smallest absolute Gasteiger partial charge is 0.305 e. The Bertz CT molecular complexity index is 234. The summed E-state index contributed by atoms with van der Waals surface area (Å²) >= 11 is 0. The minimum absolute atomic E-state index is 0.0395. The molecule has 20 heavy (non-hydrogen) atoms. The van der Waals surface area contributed by atoms with Gasteiger partial charge >= 0.3 is 5.97 Å². The molecule has 0 aromatic rings. The molecule has 0 aromatic heterocycles. The van der Waals surface area contributed by atoms with Crippen molar-refractivity contribution in [3.8, 4) is 0 Å². The van der Waals surface area contributed by atoms with Crippen LogP contribution in [0.5, 0.6) is 0 Å². The molecule has 0 saturated heterocycles. The predicted molar refractivity (Wildman–Crippen MR) is 86.9 cm³/mol. The molecule has 0 aliphatic heterocycles. The lowest BCUT2D eigenvalue weighted by Crippen LogP contribution is -2.03. The Morgan fingerprint density at radius 2 is 1.35 bits per heavy atom. The number of hydrogen-bond donors (Lipinski definition) is 0. The molecule has 0 aliphatic rings. The molecule has 0 amide bonds. The number of carbonyl (C=O) groups excluding carboxylic acids is 1. The first-order valence-electron chi connectivity index (χ1n) is 8.61. The number of rotatable bonds is 14. The van der Waals surface area contributed by atoms with Gasteiger partial charge in [0.1, 0.15) is 0 Å². The summed E-state index contributed by atoms with van der Waals surface area (Å²) in [5, 5.41) is 0. The monoisotopic (exact) mass is 282 g/mol. The van der Waals surface area contributed by atoms with Gasteiger partial charge in [0.2, 0.25) is 0 Å². The van der Waals surface area contributed by atoms with E-state index in [0.29, 0.717) is 13.0 Å². The molecule has 0 fully saturated rings. The van der Waals surface area contributed by atoms with Crippen molar-refractivity contribution >= 4 is 5.97 Å². The summed E-state index contributed by atoms with van der Waals surface area (Å²) in [5.41, 5.74) is 0. The van der Waals surface area contributed by atoms with Gasteiger partial charge in [0.05, 0.1) is 6.61 Å². The zero-order valence-electron chi connectivity index (χ0n) is 13.7. The molecule has 0 radical (unpaired) electrons. The van der Waals surface area contributed by atoms with Crippen LogP contribution in [0.4, 0.5) is 0 Å². The minimum Gasteiger partial charge on any atom is -0.466 e. The maximum Gasteiger partial charge on any atom is 0.305 e. The first kappa shape index (κ1) is 19.2. The second-order valence-corrected chi connectivity index (χ2v) is 5.43. The van der Waals surface area contributed by atoms with Crippen molar-refractivity contribution in [1.82, 2.24) is 0 Å². The van der Waals surface area contributed by atoms with Crippen LogP contribution in [0, 0.1) is 0 Å². The molecule has 0 heterocycles. The highest BCUT2D eigenvalue weighted by Gasteiger charge is 2.00. The third-order valence-corrected chi connectivity index (χ3v) is 3.45. The number of unbranched alkanes of at least 4 members (excludes halogenated alkanes) is 9. The van der Waals surface area contributed by atoms with E-state index in [1.165, 1.54) is 57.8 Å². The zero-order valence-corrected chi connectivity index (χ0v) is 13.7. The minimum atomic E-state index is -0.0395. The van der Waals surface area contributed by atoms with Gasteiger partial charge < -0.3 is 4.74 Å². The van der Waals surface area contributed by atoms with Gasteiger partial charge in [-0.2, -0.15) is 0 Å². The van der Waals surface area contributed by atoms with Gasteiger partial charge in [-0.1, -0.05) is 64.0 Å². The standard InChI is InChI=1S/C18H34O2/c1-3-5-6-7-8-9-10-11-12-13-14-15-16-17-18(19)20-4-2/h7-8H,3-6,9-17H2,1-2H3/b8-7-. The summed E-state index contributed by atoms with van der Waals surface area (Å²) < 4.78 is 4.90. The van der Waals surface area contributed by atoms with Crippen LogP contribution in [0.3, 0.4) is 0 Å². The number of carbonyl (C=O) groups is 1. The molecule has 0 spiro atoms. The third kappa shape index (κ3) is 15.3. The van der Waals surface area contributed by atoms with E-state index in [-0.39, 0.29) is 5.97 Å². The highest BCUT2D eigenvalue weighted by Crippen LogP contribution is 2.10. The van der Waals surface area contributed by atoms with Crippen molar-refractivity contribution in [3.05, 3.63) is 12.2 Å². The molecule has 0 aromatic carbocycles. The Hall–Kier alpha value is -0.790. The largest absolute Gasteiger partial charge is 0.466 e. The average molecular weight is 282 g/mol. The van der Waals surface area contributed by atoms with Crippen molar-refractivity contribution in [2.45, 2.75) is 90.9 Å². The van der Waals surface area contributed by atoms with E-state index in [9.17, 15) is 4.79 Å². The quantitative estimate of drug-likeness (QED) is 0.228. The Balaban J connectivity index is 3.09. The van der Waals surface area contributed by atoms with Crippen LogP contribution in [0.2, 0.25) is 0 Å². The SMILES string of the molecule is CCCC/C=C\CCCCCCCCCC(=O)OCC. The summed E-state index contributed by atoms with van der Waals surface area (Å²) in [6.45, 7) is 4.60. The van der Waals surface area contributed by atoms with Crippen molar-refractivity contribution in [3.63, 3.8) is 0 Å². The van der Waals surface area contributed by atoms with Gasteiger partial charge in [-0.05, 0) is 32.6 Å². The fourth-order valence-corrected chi connectivity index (χ4v) is 2.21. The maximum absolute atomic E-state index is 11.1. The molecule has 0 unspecified atom stereocenters. The van der Waals surface area contributed by atoms with E-state index in [4.69, 9.17) is 4.74 Å². The van der Waals surface area contributed by atoms with Crippen LogP contribution in [-0.4, -0.2) is 12.6 Å². The normalized spacial score (nSPS) is 11.1. The highest BCUT2D eigenvalue weighted by atomic mass is 16.5. The van der Waals surface area contributed by atoms with Crippen LogP contribution in [0.15, 0.2) is 12.2 Å². The first-order chi connectivity index (χ1) is 9.81. The van der Waals surface area contributed by atoms with Gasteiger partial charge in [-0.15, -0.1) is 0 Å². The fraction of sp³-hybridized carbons (Fsp3) is 0.833. The first-order valence-corrected chi connectivity index (χ1v) is 8.61. The van der Waals surface area contributed by atoms with E-state index in [0.717, 1.165) is 12.8 Å². The molecule has 0 rings (SSSR count). The van der Waals surface area contributed by atoms with E-state index >= 15 is 0 Å². The molecule has 2 nitrogen and oxygen atoms in total. The maximum atomic E-state index is 11.1. The number of esters is 1. The lowest BCUT2D eigenvalue weighted by molar-refractivity contribution is -0.143. The van der Waals surface area contributed by atoms with Crippen molar-refractivity contribution in [1.29, 1.82) is 0 Å². The number of hydrogen-bond acceptors (Lipinski definition) is 2. The summed E-state index contributed by atoms with van der Waals surface area (Å²) in [5.74, 6) is -0.0395. The second-order valence-electron chi connectivity index (χ2n) is 5.43. The Morgan fingerprint density at radius 1 is 0.800 bits per heavy atom. The number of ether oxygens (including phenoxy) is 1. The Labute approximate surface area is 126 Å². The third-order valence-electron chi connectivity index (χ3n) is 3.45. The van der Waals surface area contributed by atoms with Crippen molar-refractivity contribution in [2.24, 2.45) is 0 Å². The zero-order chi connectivity index (χ0) is 14.9. The fourth-order valence-electron chi connectivity index (χ4n) is 2.21. The average Bonchev–Trinajstić information content (AvgIpc) is 2.44. The molecule has 0 aliphatic carbocycles. The molecule has 0 N–H and O–H groups in total. The summed E-state index contributed by atoms with van der Waals surface area (Å²) in [6, 6.07) is 0. The Kier molecular flexibility index (Phi) is 15.6. The van der Waals surface area contributed by atoms with Crippen molar-refractivity contribution < 1.29 is 9.53 Å². The summed E-state index contributed by atoms with van der Waals surface area (Å²) in [6.07, 6.45) is 19.1. The lowest BCUT2D eigenvalue weighted by atomic mass is 10.1. The highest BCUT2D eigenvalue weighted by molar-refractivity contribution is 5.69. The van der Waals surface area contributed by atoms with Gasteiger partial charge in [0, 0.05) is 6.42 Å². The molecular formula is C18H34O2. The van der Waals surface area contributed by atoms with Gasteiger partial charge in [-0.3, -0.25) is 4.79 Å². The molecule has 0 atom stereocenters. The molecule has 118 valence electrons. The van der Waals surface area contributed by atoms with Crippen LogP contribution in [0.25, 0.3) is 0 Å². The van der Waals surface area contributed by atoms with Crippen LogP contribution in [-0.2, 0) is 9.53 Å². The van der Waals surface area contributed by atoms with E-state index in [1.54, 1.807) is 0 Å². The molecule has 0 bridgehead atoms. The Morgan fingerprint density at radius 3 is 1.95 bits per heavy atom. The topological polar surface area (TPSA) is 26.3 Å². The summed E-state index contributed by atoms with van der Waals surface area (Å²) in [4.78, 5) is 11.1. The molecular weight excluding hydrogens is 248 g/mol. The van der Waals surface area contributed by atoms with Gasteiger partial charge in [-0.25, -0.2) is 0 Å². The summed E-state index contributed by atoms with van der Waals surface area (Å²) in [7, 11) is 0. The molecule has 0 saturated carbocycles. The molecule has 2 heteroatoms. The van der Waals surface area contributed by atoms with Crippen LogP contribution < -0.4 is 0 Å². The van der Waals surface area contributed by atoms with Gasteiger partial charge in [0.25, 0.3) is 0 Å². The van der Waals surface area contributed by atoms with Gasteiger partial charge in [0.15, 0.2) is 0 Å².